The summed E-state index contributed by atoms with van der Waals surface area (Å²) in [6.07, 6.45) is 11.5. The summed E-state index contributed by atoms with van der Waals surface area (Å²) in [7, 11) is 0. The molecule has 0 unspecified atom stereocenters. The van der Waals surface area contributed by atoms with E-state index in [1.54, 1.807) is 12.4 Å². The van der Waals surface area contributed by atoms with E-state index in [4.69, 9.17) is 5.11 Å². The fraction of sp³-hybridized carbons (Fsp3) is 0.444. The number of hydrogen-bond donors (Lipinski definition) is 1. The van der Waals surface area contributed by atoms with E-state index in [0.29, 0.717) is 0 Å². The average Bonchev–Trinajstić information content (AvgIpc) is 2.57. The number of nitrogens with zero attached hydrogens (tertiary/aromatic N) is 2. The van der Waals surface area contributed by atoms with Crippen molar-refractivity contribution in [3.63, 3.8) is 0 Å². The first-order valence-corrected chi connectivity index (χ1v) is 8.11. The predicted molar refractivity (Wildman–Crippen MR) is 86.1 cm³/mol. The Morgan fingerprint density at radius 1 is 0.913 bits per heavy atom. The van der Waals surface area contributed by atoms with Gasteiger partial charge in [0.15, 0.2) is 17.4 Å². The summed E-state index contributed by atoms with van der Waals surface area (Å²) < 4.78 is 27.2. The van der Waals surface area contributed by atoms with E-state index in [1.807, 2.05) is 0 Å². The lowest BCUT2D eigenvalue weighted by Gasteiger charge is -2.05. The molecule has 0 radical (unpaired) electrons. The third-order valence-corrected chi connectivity index (χ3v) is 3.83. The second kappa shape index (κ2) is 8.56. The SMILES string of the molecule is CCCCCCCCc1cnc(-c2ccc(O)c(F)c2F)nc1. The van der Waals surface area contributed by atoms with Crippen LogP contribution in [0.1, 0.15) is 51.0 Å². The molecule has 0 aliphatic carbocycles. The van der Waals surface area contributed by atoms with E-state index >= 15 is 0 Å². The molecular weight excluding hydrogens is 298 g/mol. The van der Waals surface area contributed by atoms with Crippen LogP contribution >= 0.6 is 0 Å². The second-order valence-electron chi connectivity index (χ2n) is 5.69. The zero-order valence-corrected chi connectivity index (χ0v) is 13.4. The van der Waals surface area contributed by atoms with E-state index in [1.165, 1.54) is 38.2 Å². The second-order valence-corrected chi connectivity index (χ2v) is 5.69. The molecule has 0 saturated carbocycles. The molecule has 0 aliphatic heterocycles. The van der Waals surface area contributed by atoms with Crippen molar-refractivity contribution in [2.24, 2.45) is 0 Å². The normalized spacial score (nSPS) is 10.9. The maximum absolute atomic E-state index is 13.8. The highest BCUT2D eigenvalue weighted by atomic mass is 19.2. The summed E-state index contributed by atoms with van der Waals surface area (Å²) in [4.78, 5) is 8.22. The Bertz CT molecular complexity index is 630. The Morgan fingerprint density at radius 2 is 1.57 bits per heavy atom. The first-order chi connectivity index (χ1) is 11.1. The molecule has 0 aliphatic rings. The zero-order chi connectivity index (χ0) is 16.7. The molecule has 0 saturated heterocycles. The highest BCUT2D eigenvalue weighted by molar-refractivity contribution is 5.57. The monoisotopic (exact) mass is 320 g/mol. The van der Waals surface area contributed by atoms with Crippen molar-refractivity contribution < 1.29 is 13.9 Å². The Kier molecular flexibility index (Phi) is 6.44. The van der Waals surface area contributed by atoms with Gasteiger partial charge in [0.25, 0.3) is 0 Å². The molecule has 0 amide bonds. The van der Waals surface area contributed by atoms with Crippen LogP contribution in [0.15, 0.2) is 24.5 Å². The van der Waals surface area contributed by atoms with Gasteiger partial charge in [0.05, 0.1) is 5.56 Å². The molecule has 1 N–H and O–H groups in total. The smallest absolute Gasteiger partial charge is 0.201 e. The maximum Gasteiger partial charge on any atom is 0.201 e. The quantitative estimate of drug-likeness (QED) is 0.694. The van der Waals surface area contributed by atoms with Crippen LogP contribution in [-0.2, 0) is 6.42 Å². The lowest BCUT2D eigenvalue weighted by atomic mass is 10.1. The molecule has 5 heteroatoms. The van der Waals surface area contributed by atoms with E-state index in [2.05, 4.69) is 16.9 Å². The van der Waals surface area contributed by atoms with E-state index in [-0.39, 0.29) is 11.4 Å². The number of aromatic hydroxyl groups is 1. The molecule has 0 fully saturated rings. The topological polar surface area (TPSA) is 46.0 Å². The van der Waals surface area contributed by atoms with E-state index in [9.17, 15) is 8.78 Å². The van der Waals surface area contributed by atoms with Gasteiger partial charge >= 0.3 is 0 Å². The number of aromatic nitrogens is 2. The lowest BCUT2D eigenvalue weighted by molar-refractivity contribution is 0.408. The molecule has 0 bridgehead atoms. The first-order valence-electron chi connectivity index (χ1n) is 8.11. The number of benzene rings is 1. The van der Waals surface area contributed by atoms with Gasteiger partial charge in [-0.05, 0) is 30.5 Å². The molecule has 3 nitrogen and oxygen atoms in total. The minimum absolute atomic E-state index is 0.0496. The van der Waals surface area contributed by atoms with Gasteiger partial charge in [-0.3, -0.25) is 0 Å². The Labute approximate surface area is 135 Å². The molecule has 0 spiro atoms. The predicted octanol–water partition coefficient (Wildman–Crippen LogP) is 5.03. The van der Waals surface area contributed by atoms with Crippen LogP contribution < -0.4 is 0 Å². The number of rotatable bonds is 8. The molecule has 1 heterocycles. The molecule has 23 heavy (non-hydrogen) atoms. The number of aryl methyl sites for hydroxylation is 1. The van der Waals surface area contributed by atoms with Gasteiger partial charge in [-0.15, -0.1) is 0 Å². The Balaban J connectivity index is 1.93. The van der Waals surface area contributed by atoms with Gasteiger partial charge in [0.1, 0.15) is 0 Å². The first kappa shape index (κ1) is 17.3. The summed E-state index contributed by atoms with van der Waals surface area (Å²) >= 11 is 0. The van der Waals surface area contributed by atoms with Crippen molar-refractivity contribution in [1.82, 2.24) is 9.97 Å². The van der Waals surface area contributed by atoms with Crippen molar-refractivity contribution >= 4 is 0 Å². The minimum Gasteiger partial charge on any atom is -0.505 e. The van der Waals surface area contributed by atoms with Crippen molar-refractivity contribution in [3.05, 3.63) is 41.7 Å². The maximum atomic E-state index is 13.8. The van der Waals surface area contributed by atoms with Gasteiger partial charge in [-0.2, -0.15) is 4.39 Å². The standard InChI is InChI=1S/C18H22F2N2O/c1-2-3-4-5-6-7-8-13-11-21-18(22-12-13)14-9-10-15(23)17(20)16(14)19/h9-12,23H,2-8H2,1H3. The summed E-state index contributed by atoms with van der Waals surface area (Å²) in [5.41, 5.74) is 0.940. The molecule has 2 aromatic rings. The van der Waals surface area contributed by atoms with Gasteiger partial charge in [-0.25, -0.2) is 14.4 Å². The number of halogens is 2. The molecular formula is C18H22F2N2O. The molecule has 1 aromatic carbocycles. The third kappa shape index (κ3) is 4.71. The van der Waals surface area contributed by atoms with Crippen LogP contribution in [0.3, 0.4) is 0 Å². The van der Waals surface area contributed by atoms with Crippen molar-refractivity contribution in [1.29, 1.82) is 0 Å². The lowest BCUT2D eigenvalue weighted by Crippen LogP contribution is -1.97. The average molecular weight is 320 g/mol. The molecule has 2 rings (SSSR count). The largest absolute Gasteiger partial charge is 0.505 e. The van der Waals surface area contributed by atoms with Crippen LogP contribution in [-0.4, -0.2) is 15.1 Å². The van der Waals surface area contributed by atoms with Gasteiger partial charge in [0.2, 0.25) is 5.82 Å². The van der Waals surface area contributed by atoms with Crippen LogP contribution in [0, 0.1) is 11.6 Å². The Morgan fingerprint density at radius 3 is 2.26 bits per heavy atom. The van der Waals surface area contributed by atoms with Crippen LogP contribution in [0.5, 0.6) is 5.75 Å². The number of unbranched alkanes of at least 4 members (excludes halogenated alkanes) is 5. The summed E-state index contributed by atoms with van der Waals surface area (Å²) in [6.45, 7) is 2.20. The van der Waals surface area contributed by atoms with Crippen molar-refractivity contribution in [2.45, 2.75) is 51.9 Å². The fourth-order valence-electron chi connectivity index (χ4n) is 2.44. The fourth-order valence-corrected chi connectivity index (χ4v) is 2.44. The zero-order valence-electron chi connectivity index (χ0n) is 13.4. The van der Waals surface area contributed by atoms with E-state index < -0.39 is 17.4 Å². The van der Waals surface area contributed by atoms with Crippen LogP contribution in [0.2, 0.25) is 0 Å². The number of phenolic OH excluding ortho intramolecular Hbond substituents is 1. The number of hydrogen-bond acceptors (Lipinski definition) is 3. The summed E-state index contributed by atoms with van der Waals surface area (Å²) in [5.74, 6) is -3.00. The molecule has 124 valence electrons. The highest BCUT2D eigenvalue weighted by Gasteiger charge is 2.15. The molecule has 0 atom stereocenters. The Hall–Kier alpha value is -2.04. The van der Waals surface area contributed by atoms with Gasteiger partial charge < -0.3 is 5.11 Å². The van der Waals surface area contributed by atoms with Crippen molar-refractivity contribution in [3.8, 4) is 17.1 Å². The summed E-state index contributed by atoms with van der Waals surface area (Å²) in [5, 5.41) is 9.13. The van der Waals surface area contributed by atoms with Crippen LogP contribution in [0.4, 0.5) is 8.78 Å². The van der Waals surface area contributed by atoms with Crippen LogP contribution in [0.25, 0.3) is 11.4 Å². The number of phenols is 1. The highest BCUT2D eigenvalue weighted by Crippen LogP contribution is 2.26. The summed E-state index contributed by atoms with van der Waals surface area (Å²) in [6, 6.07) is 2.37. The van der Waals surface area contributed by atoms with Gasteiger partial charge in [-0.1, -0.05) is 39.0 Å². The third-order valence-electron chi connectivity index (χ3n) is 3.83. The van der Waals surface area contributed by atoms with Crippen molar-refractivity contribution in [2.75, 3.05) is 0 Å². The minimum atomic E-state index is -1.28. The van der Waals surface area contributed by atoms with Gasteiger partial charge in [0, 0.05) is 12.4 Å². The molecule has 1 aromatic heterocycles. The van der Waals surface area contributed by atoms with E-state index in [0.717, 1.165) is 24.5 Å².